The highest BCUT2D eigenvalue weighted by Gasteiger charge is 2.09. The molecule has 1 aromatic carbocycles. The van der Waals surface area contributed by atoms with Crippen LogP contribution in [0.3, 0.4) is 0 Å². The predicted octanol–water partition coefficient (Wildman–Crippen LogP) is 3.36. The van der Waals surface area contributed by atoms with Gasteiger partial charge in [0.1, 0.15) is 17.4 Å². The summed E-state index contributed by atoms with van der Waals surface area (Å²) in [6.45, 7) is 7.35. The summed E-state index contributed by atoms with van der Waals surface area (Å²) in [6, 6.07) is 6.11. The van der Waals surface area contributed by atoms with Crippen molar-refractivity contribution in [3.05, 3.63) is 44.9 Å². The first-order valence-corrected chi connectivity index (χ1v) is 7.33. The smallest absolute Gasteiger partial charge is 0.140 e. The van der Waals surface area contributed by atoms with Gasteiger partial charge in [-0.1, -0.05) is 19.1 Å². The minimum Gasteiger partial charge on any atom is -0.486 e. The number of thiazole rings is 1. The van der Waals surface area contributed by atoms with Gasteiger partial charge in [0, 0.05) is 11.4 Å². The van der Waals surface area contributed by atoms with Crippen molar-refractivity contribution in [2.75, 3.05) is 0 Å². The van der Waals surface area contributed by atoms with Gasteiger partial charge in [-0.25, -0.2) is 4.98 Å². The van der Waals surface area contributed by atoms with E-state index in [4.69, 9.17) is 10.5 Å². The fraction of sp³-hybridized carbons (Fsp3) is 0.400. The van der Waals surface area contributed by atoms with Gasteiger partial charge in [0.25, 0.3) is 0 Å². The van der Waals surface area contributed by atoms with Gasteiger partial charge in [-0.05, 0) is 37.5 Å². The molecule has 102 valence electrons. The Balaban J connectivity index is 2.10. The van der Waals surface area contributed by atoms with Crippen LogP contribution in [-0.2, 0) is 19.6 Å². The van der Waals surface area contributed by atoms with Gasteiger partial charge in [-0.15, -0.1) is 11.3 Å². The molecule has 2 aromatic rings. The van der Waals surface area contributed by atoms with Crippen molar-refractivity contribution in [1.29, 1.82) is 0 Å². The normalized spacial score (nSPS) is 10.7. The Morgan fingerprint density at radius 2 is 2.11 bits per heavy atom. The Morgan fingerprint density at radius 3 is 2.74 bits per heavy atom. The number of nitrogens with zero attached hydrogens (tertiary/aromatic N) is 1. The largest absolute Gasteiger partial charge is 0.486 e. The van der Waals surface area contributed by atoms with Crippen LogP contribution >= 0.6 is 11.3 Å². The zero-order valence-electron chi connectivity index (χ0n) is 11.7. The van der Waals surface area contributed by atoms with Crippen LogP contribution in [0.2, 0.25) is 0 Å². The third-order valence-electron chi connectivity index (χ3n) is 3.25. The molecule has 3 nitrogen and oxygen atoms in total. The number of benzene rings is 1. The van der Waals surface area contributed by atoms with E-state index in [1.807, 2.05) is 12.1 Å². The van der Waals surface area contributed by atoms with E-state index >= 15 is 0 Å². The number of rotatable bonds is 5. The number of hydrogen-bond donors (Lipinski definition) is 1. The average molecular weight is 276 g/mol. The third-order valence-corrected chi connectivity index (χ3v) is 4.34. The molecule has 0 bridgehead atoms. The quantitative estimate of drug-likeness (QED) is 0.911. The Bertz CT molecular complexity index is 542. The zero-order valence-corrected chi connectivity index (χ0v) is 12.5. The van der Waals surface area contributed by atoms with E-state index in [0.717, 1.165) is 22.9 Å². The van der Waals surface area contributed by atoms with Gasteiger partial charge >= 0.3 is 0 Å². The van der Waals surface area contributed by atoms with Gasteiger partial charge < -0.3 is 10.5 Å². The van der Waals surface area contributed by atoms with E-state index in [-0.39, 0.29) is 0 Å². The van der Waals surface area contributed by atoms with Gasteiger partial charge in [-0.2, -0.15) is 0 Å². The fourth-order valence-electron chi connectivity index (χ4n) is 1.95. The lowest BCUT2D eigenvalue weighted by atomic mass is 10.1. The molecule has 0 aliphatic heterocycles. The molecule has 0 aliphatic carbocycles. The van der Waals surface area contributed by atoms with Crippen molar-refractivity contribution in [1.82, 2.24) is 4.98 Å². The van der Waals surface area contributed by atoms with Crippen LogP contribution in [0.15, 0.2) is 18.2 Å². The van der Waals surface area contributed by atoms with Crippen LogP contribution in [0, 0.1) is 13.8 Å². The second-order valence-electron chi connectivity index (χ2n) is 4.52. The Labute approximate surface area is 118 Å². The number of aryl methyl sites for hydroxylation is 2. The summed E-state index contributed by atoms with van der Waals surface area (Å²) >= 11 is 1.65. The molecule has 1 heterocycles. The standard InChI is InChI=1S/C15H20N2OS/c1-4-12-14(8-16)19-15(17-12)9-18-13-7-5-6-10(2)11(13)3/h5-7H,4,8-9,16H2,1-3H3. The van der Waals surface area contributed by atoms with E-state index in [1.54, 1.807) is 11.3 Å². The Kier molecular flexibility index (Phi) is 4.56. The van der Waals surface area contributed by atoms with Crippen molar-refractivity contribution >= 4 is 11.3 Å². The average Bonchev–Trinajstić information content (AvgIpc) is 2.83. The molecule has 2 N–H and O–H groups in total. The second-order valence-corrected chi connectivity index (χ2v) is 5.69. The highest BCUT2D eigenvalue weighted by atomic mass is 32.1. The lowest BCUT2D eigenvalue weighted by Gasteiger charge is -2.09. The molecule has 0 spiro atoms. The molecule has 1 aromatic heterocycles. The van der Waals surface area contributed by atoms with Crippen molar-refractivity contribution in [3.63, 3.8) is 0 Å². The maximum absolute atomic E-state index is 5.87. The van der Waals surface area contributed by atoms with E-state index in [1.165, 1.54) is 16.0 Å². The molecule has 0 fully saturated rings. The first-order valence-electron chi connectivity index (χ1n) is 6.52. The van der Waals surface area contributed by atoms with E-state index in [9.17, 15) is 0 Å². The van der Waals surface area contributed by atoms with Gasteiger partial charge in [-0.3, -0.25) is 0 Å². The molecular formula is C15H20N2OS. The Hall–Kier alpha value is -1.39. The molecule has 0 atom stereocenters. The highest BCUT2D eigenvalue weighted by molar-refractivity contribution is 7.11. The summed E-state index contributed by atoms with van der Waals surface area (Å²) in [4.78, 5) is 5.75. The number of nitrogens with two attached hydrogens (primary N) is 1. The van der Waals surface area contributed by atoms with Crippen molar-refractivity contribution in [2.45, 2.75) is 40.3 Å². The summed E-state index contributed by atoms with van der Waals surface area (Å²) in [5, 5.41) is 0.998. The lowest BCUT2D eigenvalue weighted by molar-refractivity contribution is 0.303. The SMILES string of the molecule is CCc1nc(COc2cccc(C)c2C)sc1CN. The fourth-order valence-corrected chi connectivity index (χ4v) is 2.90. The third kappa shape index (κ3) is 3.14. The van der Waals surface area contributed by atoms with E-state index < -0.39 is 0 Å². The first kappa shape index (κ1) is 14.0. The molecule has 0 saturated heterocycles. The van der Waals surface area contributed by atoms with Gasteiger partial charge in [0.2, 0.25) is 0 Å². The molecule has 0 radical (unpaired) electrons. The highest BCUT2D eigenvalue weighted by Crippen LogP contribution is 2.24. The lowest BCUT2D eigenvalue weighted by Crippen LogP contribution is -1.98. The first-order chi connectivity index (χ1) is 9.15. The number of ether oxygens (including phenoxy) is 1. The topological polar surface area (TPSA) is 48.1 Å². The summed E-state index contributed by atoms with van der Waals surface area (Å²) < 4.78 is 5.87. The minimum atomic E-state index is 0.516. The maximum Gasteiger partial charge on any atom is 0.140 e. The molecule has 0 saturated carbocycles. The van der Waals surface area contributed by atoms with Crippen LogP contribution in [0.25, 0.3) is 0 Å². The summed E-state index contributed by atoms with van der Waals surface area (Å²) in [5.74, 6) is 0.933. The molecule has 19 heavy (non-hydrogen) atoms. The van der Waals surface area contributed by atoms with E-state index in [2.05, 4.69) is 31.8 Å². The summed E-state index contributed by atoms with van der Waals surface area (Å²) in [6.07, 6.45) is 0.923. The monoisotopic (exact) mass is 276 g/mol. The van der Waals surface area contributed by atoms with Crippen molar-refractivity contribution < 1.29 is 4.74 Å². The Morgan fingerprint density at radius 1 is 1.32 bits per heavy atom. The molecule has 0 aliphatic rings. The van der Waals surface area contributed by atoms with E-state index in [0.29, 0.717) is 13.2 Å². The van der Waals surface area contributed by atoms with Gasteiger partial charge in [0.15, 0.2) is 0 Å². The van der Waals surface area contributed by atoms with Crippen molar-refractivity contribution in [2.24, 2.45) is 5.73 Å². The van der Waals surface area contributed by atoms with Crippen LogP contribution < -0.4 is 10.5 Å². The number of hydrogen-bond acceptors (Lipinski definition) is 4. The molecule has 0 amide bonds. The van der Waals surface area contributed by atoms with Crippen LogP contribution in [0.5, 0.6) is 5.75 Å². The molecular weight excluding hydrogens is 256 g/mol. The predicted molar refractivity (Wildman–Crippen MR) is 79.6 cm³/mol. The van der Waals surface area contributed by atoms with Crippen LogP contribution in [0.4, 0.5) is 0 Å². The van der Waals surface area contributed by atoms with Crippen LogP contribution in [0.1, 0.15) is 33.6 Å². The summed E-state index contributed by atoms with van der Waals surface area (Å²) in [7, 11) is 0. The second kappa shape index (κ2) is 6.17. The minimum absolute atomic E-state index is 0.516. The molecule has 0 unspecified atom stereocenters. The zero-order chi connectivity index (χ0) is 13.8. The maximum atomic E-state index is 5.87. The number of aromatic nitrogens is 1. The van der Waals surface area contributed by atoms with Crippen molar-refractivity contribution in [3.8, 4) is 5.75 Å². The van der Waals surface area contributed by atoms with Gasteiger partial charge in [0.05, 0.1) is 5.69 Å². The van der Waals surface area contributed by atoms with Crippen LogP contribution in [-0.4, -0.2) is 4.98 Å². The molecule has 2 rings (SSSR count). The summed E-state index contributed by atoms with van der Waals surface area (Å²) in [5.41, 5.74) is 9.26. The molecule has 4 heteroatoms.